The molecule has 156 valence electrons. The van der Waals surface area contributed by atoms with Gasteiger partial charge in [-0.15, -0.1) is 0 Å². The Balaban J connectivity index is 1.44. The maximum Gasteiger partial charge on any atom is 0.274 e. The molecule has 0 unspecified atom stereocenters. The van der Waals surface area contributed by atoms with Crippen LogP contribution in [0.15, 0.2) is 59.6 Å². The van der Waals surface area contributed by atoms with E-state index in [1.165, 1.54) is 10.5 Å². The quantitative estimate of drug-likeness (QED) is 0.621. The molecule has 1 saturated heterocycles. The normalized spacial score (nSPS) is 15.3. The number of aromatic nitrogens is 2. The van der Waals surface area contributed by atoms with Gasteiger partial charge in [0.25, 0.3) is 5.91 Å². The highest BCUT2D eigenvalue weighted by Gasteiger charge is 2.31. The number of para-hydroxylation sites is 2. The number of benzene rings is 2. The first-order valence-electron chi connectivity index (χ1n) is 9.73. The maximum atomic E-state index is 12.9. The average molecular weight is 426 g/mol. The molecule has 8 nitrogen and oxygen atoms in total. The first-order valence-corrected chi connectivity index (χ1v) is 11.2. The van der Waals surface area contributed by atoms with Crippen LogP contribution in [0.2, 0.25) is 0 Å². The Morgan fingerprint density at radius 1 is 1.00 bits per heavy atom. The second kappa shape index (κ2) is 8.37. The standard InChI is InChI=1S/C21H22N4O4S/c1-2-29-16-7-9-17(10-8-16)30(27,28)25-13-11-24(12-14-25)21(26)20-15-22-18-5-3-4-6-19(18)23-20/h3-10,15H,2,11-14H2,1H3. The van der Waals surface area contributed by atoms with Crippen molar-refractivity contribution < 1.29 is 17.9 Å². The van der Waals surface area contributed by atoms with E-state index in [-0.39, 0.29) is 29.6 Å². The first kappa shape index (κ1) is 20.2. The zero-order valence-corrected chi connectivity index (χ0v) is 17.4. The lowest BCUT2D eigenvalue weighted by Crippen LogP contribution is -2.50. The van der Waals surface area contributed by atoms with Crippen LogP contribution in [0, 0.1) is 0 Å². The number of amides is 1. The highest BCUT2D eigenvalue weighted by atomic mass is 32.2. The molecule has 3 aromatic rings. The Morgan fingerprint density at radius 3 is 2.33 bits per heavy atom. The molecule has 2 aromatic carbocycles. The molecule has 0 radical (unpaired) electrons. The van der Waals surface area contributed by atoms with Gasteiger partial charge in [-0.25, -0.2) is 13.4 Å². The van der Waals surface area contributed by atoms with Gasteiger partial charge in [-0.2, -0.15) is 4.31 Å². The summed E-state index contributed by atoms with van der Waals surface area (Å²) < 4.78 is 32.6. The maximum absolute atomic E-state index is 12.9. The summed E-state index contributed by atoms with van der Waals surface area (Å²) in [5.41, 5.74) is 1.64. The summed E-state index contributed by atoms with van der Waals surface area (Å²) in [5, 5.41) is 0. The second-order valence-electron chi connectivity index (χ2n) is 6.84. The highest BCUT2D eigenvalue weighted by molar-refractivity contribution is 7.89. The third-order valence-electron chi connectivity index (χ3n) is 4.97. The number of hydrogen-bond acceptors (Lipinski definition) is 6. The molecule has 1 aromatic heterocycles. The summed E-state index contributed by atoms with van der Waals surface area (Å²) in [7, 11) is -3.62. The molecule has 2 heterocycles. The molecular formula is C21H22N4O4S. The van der Waals surface area contributed by atoms with Crippen LogP contribution in [0.4, 0.5) is 0 Å². The van der Waals surface area contributed by atoms with Crippen molar-refractivity contribution in [2.24, 2.45) is 0 Å². The summed E-state index contributed by atoms with van der Waals surface area (Å²) in [6.45, 7) is 3.43. The smallest absolute Gasteiger partial charge is 0.274 e. The van der Waals surface area contributed by atoms with Crippen molar-refractivity contribution in [2.45, 2.75) is 11.8 Å². The number of sulfonamides is 1. The number of carbonyl (C=O) groups excluding carboxylic acids is 1. The first-order chi connectivity index (χ1) is 14.5. The monoisotopic (exact) mass is 426 g/mol. The number of nitrogens with zero attached hydrogens (tertiary/aromatic N) is 4. The van der Waals surface area contributed by atoms with Crippen molar-refractivity contribution in [1.82, 2.24) is 19.2 Å². The fourth-order valence-electron chi connectivity index (χ4n) is 3.38. The molecule has 1 aliphatic heterocycles. The Labute approximate surface area is 175 Å². The molecule has 4 rings (SSSR count). The van der Waals surface area contributed by atoms with Crippen molar-refractivity contribution >= 4 is 27.0 Å². The minimum absolute atomic E-state index is 0.214. The summed E-state index contributed by atoms with van der Waals surface area (Å²) in [5.74, 6) is 0.384. The lowest BCUT2D eigenvalue weighted by molar-refractivity contribution is 0.0692. The van der Waals surface area contributed by atoms with Crippen LogP contribution in [0.5, 0.6) is 5.75 Å². The Hall–Kier alpha value is -3.04. The van der Waals surface area contributed by atoms with Gasteiger partial charge in [0, 0.05) is 26.2 Å². The van der Waals surface area contributed by atoms with Crippen LogP contribution in [0.1, 0.15) is 17.4 Å². The average Bonchev–Trinajstić information content (AvgIpc) is 2.79. The minimum Gasteiger partial charge on any atom is -0.494 e. The third kappa shape index (κ3) is 3.99. The molecule has 0 saturated carbocycles. The topological polar surface area (TPSA) is 92.7 Å². The van der Waals surface area contributed by atoms with Crippen LogP contribution in [0.3, 0.4) is 0 Å². The molecule has 0 spiro atoms. The van der Waals surface area contributed by atoms with Crippen molar-refractivity contribution in [3.05, 3.63) is 60.4 Å². The van der Waals surface area contributed by atoms with Crippen LogP contribution in [0.25, 0.3) is 11.0 Å². The summed E-state index contributed by atoms with van der Waals surface area (Å²) in [6.07, 6.45) is 1.47. The van der Waals surface area contributed by atoms with E-state index in [0.717, 1.165) is 5.52 Å². The van der Waals surface area contributed by atoms with E-state index >= 15 is 0 Å². The van der Waals surface area contributed by atoms with Crippen molar-refractivity contribution in [1.29, 1.82) is 0 Å². The fourth-order valence-corrected chi connectivity index (χ4v) is 4.80. The lowest BCUT2D eigenvalue weighted by Gasteiger charge is -2.33. The van der Waals surface area contributed by atoms with Gasteiger partial charge < -0.3 is 9.64 Å². The van der Waals surface area contributed by atoms with Gasteiger partial charge in [-0.1, -0.05) is 12.1 Å². The Morgan fingerprint density at radius 2 is 1.67 bits per heavy atom. The molecular weight excluding hydrogens is 404 g/mol. The number of fused-ring (bicyclic) bond motifs is 1. The number of piperazine rings is 1. The highest BCUT2D eigenvalue weighted by Crippen LogP contribution is 2.21. The van der Waals surface area contributed by atoms with E-state index in [9.17, 15) is 13.2 Å². The molecule has 30 heavy (non-hydrogen) atoms. The van der Waals surface area contributed by atoms with Crippen molar-refractivity contribution in [3.8, 4) is 5.75 Å². The molecule has 1 amide bonds. The number of hydrogen-bond donors (Lipinski definition) is 0. The SMILES string of the molecule is CCOc1ccc(S(=O)(=O)N2CCN(C(=O)c3cnc4ccccc4n3)CC2)cc1. The van der Waals surface area contributed by atoms with Gasteiger partial charge in [-0.05, 0) is 43.3 Å². The predicted octanol–water partition coefficient (Wildman–Crippen LogP) is 2.18. The van der Waals surface area contributed by atoms with Crippen LogP contribution in [-0.2, 0) is 10.0 Å². The molecule has 9 heteroatoms. The number of ether oxygens (including phenoxy) is 1. The van der Waals surface area contributed by atoms with Crippen molar-refractivity contribution in [3.63, 3.8) is 0 Å². The van der Waals surface area contributed by atoms with E-state index in [2.05, 4.69) is 9.97 Å². The summed E-state index contributed by atoms with van der Waals surface area (Å²) in [6, 6.07) is 13.7. The third-order valence-corrected chi connectivity index (χ3v) is 6.88. The van der Waals surface area contributed by atoms with E-state index in [0.29, 0.717) is 31.0 Å². The molecule has 0 atom stereocenters. The second-order valence-corrected chi connectivity index (χ2v) is 8.78. The van der Waals surface area contributed by atoms with E-state index in [1.54, 1.807) is 35.2 Å². The minimum atomic E-state index is -3.62. The lowest BCUT2D eigenvalue weighted by atomic mass is 10.2. The molecule has 0 N–H and O–H groups in total. The van der Waals surface area contributed by atoms with Crippen molar-refractivity contribution in [2.75, 3.05) is 32.8 Å². The molecule has 0 bridgehead atoms. The zero-order valence-electron chi connectivity index (χ0n) is 16.6. The number of rotatable bonds is 5. The van der Waals surface area contributed by atoms with Crippen LogP contribution >= 0.6 is 0 Å². The van der Waals surface area contributed by atoms with Gasteiger partial charge in [0.2, 0.25) is 10.0 Å². The molecule has 1 aliphatic rings. The fraction of sp³-hybridized carbons (Fsp3) is 0.286. The predicted molar refractivity (Wildman–Crippen MR) is 112 cm³/mol. The van der Waals surface area contributed by atoms with Crippen LogP contribution < -0.4 is 4.74 Å². The zero-order chi connectivity index (χ0) is 21.1. The van der Waals surface area contributed by atoms with E-state index in [1.807, 2.05) is 25.1 Å². The van der Waals surface area contributed by atoms with Gasteiger partial charge in [0.15, 0.2) is 0 Å². The van der Waals surface area contributed by atoms with Gasteiger partial charge >= 0.3 is 0 Å². The van der Waals surface area contributed by atoms with Gasteiger partial charge in [0.05, 0.1) is 28.7 Å². The summed E-state index contributed by atoms with van der Waals surface area (Å²) in [4.78, 5) is 23.3. The molecule has 0 aliphatic carbocycles. The van der Waals surface area contributed by atoms with E-state index in [4.69, 9.17) is 4.74 Å². The molecule has 1 fully saturated rings. The largest absolute Gasteiger partial charge is 0.494 e. The summed E-state index contributed by atoms with van der Waals surface area (Å²) >= 11 is 0. The van der Waals surface area contributed by atoms with E-state index < -0.39 is 10.0 Å². The number of carbonyl (C=O) groups is 1. The Bertz CT molecular complexity index is 1160. The van der Waals surface area contributed by atoms with Crippen LogP contribution in [-0.4, -0.2) is 66.3 Å². The Kier molecular flexibility index (Phi) is 5.65. The van der Waals surface area contributed by atoms with Gasteiger partial charge in [0.1, 0.15) is 11.4 Å². The van der Waals surface area contributed by atoms with Gasteiger partial charge in [-0.3, -0.25) is 9.78 Å².